The molecular formula is C21H37N. The average molecular weight is 304 g/mol. The summed E-state index contributed by atoms with van der Waals surface area (Å²) >= 11 is 0. The Hall–Kier alpha value is -0.0400. The molecule has 4 fully saturated rings. The zero-order valence-corrected chi connectivity index (χ0v) is 15.2. The highest BCUT2D eigenvalue weighted by Gasteiger charge is 2.62. The Labute approximate surface area is 137 Å². The van der Waals surface area contributed by atoms with Crippen LogP contribution in [0.2, 0.25) is 0 Å². The number of nitrogens with two attached hydrogens (primary N) is 1. The van der Waals surface area contributed by atoms with Crippen molar-refractivity contribution in [3.05, 3.63) is 0 Å². The molecule has 0 aromatic carbocycles. The van der Waals surface area contributed by atoms with Gasteiger partial charge in [0.1, 0.15) is 0 Å². The lowest BCUT2D eigenvalue weighted by molar-refractivity contribution is -0.122. The third-order valence-corrected chi connectivity index (χ3v) is 9.57. The second-order valence-electron chi connectivity index (χ2n) is 9.92. The summed E-state index contributed by atoms with van der Waals surface area (Å²) < 4.78 is 0. The molecule has 4 aliphatic rings. The van der Waals surface area contributed by atoms with Gasteiger partial charge in [0, 0.05) is 5.54 Å². The lowest BCUT2D eigenvalue weighted by atomic mass is 9.42. The van der Waals surface area contributed by atoms with Crippen molar-refractivity contribution in [3.8, 4) is 0 Å². The molecule has 1 heteroatoms. The van der Waals surface area contributed by atoms with Crippen LogP contribution in [0.5, 0.6) is 0 Å². The van der Waals surface area contributed by atoms with Crippen molar-refractivity contribution < 1.29 is 0 Å². The van der Waals surface area contributed by atoms with Crippen LogP contribution in [0.1, 0.15) is 91.4 Å². The molecule has 1 nitrogen and oxygen atoms in total. The van der Waals surface area contributed by atoms with Crippen LogP contribution in [0.3, 0.4) is 0 Å². The van der Waals surface area contributed by atoms with Crippen LogP contribution in [0.4, 0.5) is 0 Å². The molecule has 0 unspecified atom stereocenters. The van der Waals surface area contributed by atoms with Crippen molar-refractivity contribution in [2.24, 2.45) is 40.2 Å². The largest absolute Gasteiger partial charge is 0.325 e. The van der Waals surface area contributed by atoms with Crippen molar-refractivity contribution in [1.82, 2.24) is 0 Å². The summed E-state index contributed by atoms with van der Waals surface area (Å²) in [5.74, 6) is 3.94. The van der Waals surface area contributed by atoms with Crippen LogP contribution >= 0.6 is 0 Å². The minimum atomic E-state index is 0.170. The minimum absolute atomic E-state index is 0.170. The number of fused-ring (bicyclic) bond motifs is 5. The van der Waals surface area contributed by atoms with Crippen LogP contribution in [0.25, 0.3) is 0 Å². The third kappa shape index (κ3) is 1.81. The Bertz CT molecular complexity index is 445. The summed E-state index contributed by atoms with van der Waals surface area (Å²) in [4.78, 5) is 0. The van der Waals surface area contributed by atoms with Gasteiger partial charge in [0.15, 0.2) is 0 Å². The summed E-state index contributed by atoms with van der Waals surface area (Å²) in [5.41, 5.74) is 8.31. The van der Waals surface area contributed by atoms with Crippen LogP contribution in [-0.2, 0) is 0 Å². The Morgan fingerprint density at radius 3 is 2.41 bits per heavy atom. The maximum absolute atomic E-state index is 7.03. The summed E-state index contributed by atoms with van der Waals surface area (Å²) in [7, 11) is 0. The number of hydrogen-bond donors (Lipinski definition) is 1. The number of rotatable bonds is 1. The lowest BCUT2D eigenvalue weighted by Gasteiger charge is -2.64. The fraction of sp³-hybridized carbons (Fsp3) is 1.00. The SMILES string of the molecule is CC[C@H]1CC[C@H]2[C@@H]3CC[C@@]4(N)CCCC[C@]4(C)[C@H]3CC[C@]12C. The van der Waals surface area contributed by atoms with Gasteiger partial charge in [-0.2, -0.15) is 0 Å². The molecule has 4 saturated carbocycles. The second-order valence-corrected chi connectivity index (χ2v) is 9.92. The highest BCUT2D eigenvalue weighted by Crippen LogP contribution is 2.68. The van der Waals surface area contributed by atoms with E-state index in [9.17, 15) is 0 Å². The topological polar surface area (TPSA) is 26.0 Å². The van der Waals surface area contributed by atoms with E-state index in [2.05, 4.69) is 20.8 Å². The van der Waals surface area contributed by atoms with Gasteiger partial charge in [0.05, 0.1) is 0 Å². The van der Waals surface area contributed by atoms with E-state index in [-0.39, 0.29) is 5.54 Å². The van der Waals surface area contributed by atoms with Crippen molar-refractivity contribution in [3.63, 3.8) is 0 Å². The first-order valence-electron chi connectivity index (χ1n) is 10.2. The molecule has 0 radical (unpaired) electrons. The van der Waals surface area contributed by atoms with E-state index in [4.69, 9.17) is 5.73 Å². The quantitative estimate of drug-likeness (QED) is 0.677. The third-order valence-electron chi connectivity index (χ3n) is 9.57. The maximum Gasteiger partial charge on any atom is 0.0211 e. The predicted octanol–water partition coefficient (Wildman–Crippen LogP) is 5.53. The summed E-state index contributed by atoms with van der Waals surface area (Å²) in [6, 6.07) is 0. The molecule has 126 valence electrons. The van der Waals surface area contributed by atoms with Crippen LogP contribution in [0.15, 0.2) is 0 Å². The Balaban J connectivity index is 1.66. The molecule has 0 aromatic rings. The molecule has 0 spiro atoms. The normalized spacial score (nSPS) is 57.8. The first-order chi connectivity index (χ1) is 10.4. The first kappa shape index (κ1) is 15.5. The maximum atomic E-state index is 7.03. The van der Waals surface area contributed by atoms with E-state index >= 15 is 0 Å². The molecule has 0 saturated heterocycles. The highest BCUT2D eigenvalue weighted by atomic mass is 14.8. The molecule has 4 aliphatic carbocycles. The van der Waals surface area contributed by atoms with Crippen LogP contribution < -0.4 is 5.73 Å². The second kappa shape index (κ2) is 4.98. The molecule has 2 N–H and O–H groups in total. The molecular weight excluding hydrogens is 266 g/mol. The van der Waals surface area contributed by atoms with E-state index in [1.54, 1.807) is 0 Å². The first-order valence-corrected chi connectivity index (χ1v) is 10.2. The Morgan fingerprint density at radius 2 is 1.64 bits per heavy atom. The smallest absolute Gasteiger partial charge is 0.0211 e. The Kier molecular flexibility index (Phi) is 3.50. The standard InChI is InChI=1S/C21H37N/c1-4-15-7-8-17-16-9-14-21(22)12-6-5-11-20(21,3)18(16)10-13-19(15,17)2/h15-18H,4-14,22H2,1-3H3/t15-,16-,17-,18-,19+,20+,21-/m0/s1. The summed E-state index contributed by atoms with van der Waals surface area (Å²) in [6.45, 7) is 7.68. The van der Waals surface area contributed by atoms with E-state index < -0.39 is 0 Å². The molecule has 7 atom stereocenters. The van der Waals surface area contributed by atoms with Crippen molar-refractivity contribution >= 4 is 0 Å². The van der Waals surface area contributed by atoms with Crippen LogP contribution in [-0.4, -0.2) is 5.54 Å². The molecule has 0 bridgehead atoms. The van der Waals surface area contributed by atoms with Gasteiger partial charge < -0.3 is 5.73 Å². The van der Waals surface area contributed by atoms with Gasteiger partial charge in [-0.25, -0.2) is 0 Å². The molecule has 0 heterocycles. The minimum Gasteiger partial charge on any atom is -0.325 e. The van der Waals surface area contributed by atoms with Crippen molar-refractivity contribution in [2.75, 3.05) is 0 Å². The fourth-order valence-corrected chi connectivity index (χ4v) is 8.12. The predicted molar refractivity (Wildman–Crippen MR) is 93.6 cm³/mol. The molecule has 22 heavy (non-hydrogen) atoms. The van der Waals surface area contributed by atoms with Crippen molar-refractivity contribution in [1.29, 1.82) is 0 Å². The molecule has 0 amide bonds. The van der Waals surface area contributed by atoms with Gasteiger partial charge in [0.2, 0.25) is 0 Å². The van der Waals surface area contributed by atoms with E-state index in [0.717, 1.165) is 23.7 Å². The summed E-state index contributed by atoms with van der Waals surface area (Å²) in [5, 5.41) is 0. The van der Waals surface area contributed by atoms with E-state index in [1.807, 2.05) is 0 Å². The van der Waals surface area contributed by atoms with E-state index in [1.165, 1.54) is 70.6 Å². The van der Waals surface area contributed by atoms with E-state index in [0.29, 0.717) is 10.8 Å². The summed E-state index contributed by atoms with van der Waals surface area (Å²) in [6.07, 6.45) is 15.7. The zero-order chi connectivity index (χ0) is 15.6. The zero-order valence-electron chi connectivity index (χ0n) is 15.2. The lowest BCUT2D eigenvalue weighted by Crippen LogP contribution is -2.65. The fourth-order valence-electron chi connectivity index (χ4n) is 8.12. The average Bonchev–Trinajstić information content (AvgIpc) is 2.84. The Morgan fingerprint density at radius 1 is 0.864 bits per heavy atom. The molecule has 4 rings (SSSR count). The number of hydrogen-bond acceptors (Lipinski definition) is 1. The van der Waals surface area contributed by atoms with Gasteiger partial charge in [0.25, 0.3) is 0 Å². The van der Waals surface area contributed by atoms with Gasteiger partial charge >= 0.3 is 0 Å². The highest BCUT2D eigenvalue weighted by molar-refractivity contribution is 5.14. The van der Waals surface area contributed by atoms with Crippen molar-refractivity contribution in [2.45, 2.75) is 96.9 Å². The van der Waals surface area contributed by atoms with Gasteiger partial charge in [-0.05, 0) is 85.9 Å². The van der Waals surface area contributed by atoms with Gasteiger partial charge in [-0.15, -0.1) is 0 Å². The monoisotopic (exact) mass is 303 g/mol. The van der Waals surface area contributed by atoms with Gasteiger partial charge in [-0.3, -0.25) is 0 Å². The molecule has 0 aromatic heterocycles. The van der Waals surface area contributed by atoms with Crippen LogP contribution in [0, 0.1) is 34.5 Å². The molecule has 0 aliphatic heterocycles. The van der Waals surface area contributed by atoms with Gasteiger partial charge in [-0.1, -0.05) is 40.0 Å².